The van der Waals surface area contributed by atoms with Gasteiger partial charge in [0.05, 0.1) is 0 Å². The maximum absolute atomic E-state index is 5.74. The maximum atomic E-state index is 5.74. The summed E-state index contributed by atoms with van der Waals surface area (Å²) < 4.78 is 1.40. The topological polar surface area (TPSA) is 106 Å². The second kappa shape index (κ2) is 4.17. The highest BCUT2D eigenvalue weighted by Crippen LogP contribution is 2.09. The van der Waals surface area contributed by atoms with E-state index < -0.39 is 0 Å². The number of hydrogen-bond donors (Lipinski definition) is 3. The third-order valence-corrected chi connectivity index (χ3v) is 1.90. The van der Waals surface area contributed by atoms with Crippen LogP contribution in [0.4, 0.5) is 17.8 Å². The summed E-state index contributed by atoms with van der Waals surface area (Å²) in [5.41, 5.74) is 5.74. The molecule has 0 spiro atoms. The Hall–Kier alpha value is -2.12. The molecule has 0 unspecified atom stereocenters. The molecule has 16 heavy (non-hydrogen) atoms. The Labute approximate surface area is 92.3 Å². The van der Waals surface area contributed by atoms with Crippen LogP contribution in [0.1, 0.15) is 13.8 Å². The number of nitrogens with zero attached hydrogens (tertiary/aromatic N) is 5. The van der Waals surface area contributed by atoms with Crippen molar-refractivity contribution >= 4 is 23.6 Å². The summed E-state index contributed by atoms with van der Waals surface area (Å²) in [6.45, 7) is 5.39. The summed E-state index contributed by atoms with van der Waals surface area (Å²) in [6, 6.07) is 0. The van der Waals surface area contributed by atoms with Gasteiger partial charge in [0.15, 0.2) is 0 Å². The van der Waals surface area contributed by atoms with Crippen molar-refractivity contribution < 1.29 is 0 Å². The number of fused-ring (bicyclic) bond motifs is 1. The monoisotopic (exact) mass is 222 g/mol. The van der Waals surface area contributed by atoms with Crippen LogP contribution in [-0.4, -0.2) is 37.7 Å². The Morgan fingerprint density at radius 3 is 2.38 bits per heavy atom. The van der Waals surface area contributed by atoms with Crippen LogP contribution in [0.3, 0.4) is 0 Å². The zero-order chi connectivity index (χ0) is 11.5. The molecule has 0 saturated heterocycles. The number of aromatic nitrogens is 5. The predicted octanol–water partition coefficient (Wildman–Crippen LogP) is -0.0349. The van der Waals surface area contributed by atoms with Gasteiger partial charge in [0.1, 0.15) is 0 Å². The van der Waals surface area contributed by atoms with Crippen molar-refractivity contribution in [1.82, 2.24) is 24.6 Å². The lowest BCUT2D eigenvalue weighted by Crippen LogP contribution is -2.09. The van der Waals surface area contributed by atoms with E-state index in [0.717, 1.165) is 13.1 Å². The number of anilines is 3. The van der Waals surface area contributed by atoms with Crippen molar-refractivity contribution in [3.63, 3.8) is 0 Å². The van der Waals surface area contributed by atoms with Crippen LogP contribution in [0.25, 0.3) is 5.78 Å². The van der Waals surface area contributed by atoms with Crippen LogP contribution >= 0.6 is 0 Å². The van der Waals surface area contributed by atoms with Crippen molar-refractivity contribution in [3.8, 4) is 0 Å². The average molecular weight is 222 g/mol. The molecule has 2 heterocycles. The van der Waals surface area contributed by atoms with Crippen molar-refractivity contribution in [2.24, 2.45) is 0 Å². The first kappa shape index (κ1) is 10.4. The second-order valence-electron chi connectivity index (χ2n) is 3.11. The summed E-state index contributed by atoms with van der Waals surface area (Å²) in [7, 11) is 0. The third kappa shape index (κ3) is 1.81. The van der Waals surface area contributed by atoms with Gasteiger partial charge in [0.25, 0.3) is 5.78 Å². The quantitative estimate of drug-likeness (QED) is 0.666. The van der Waals surface area contributed by atoms with E-state index in [2.05, 4.69) is 30.7 Å². The fraction of sp³-hybridized carbons (Fsp3) is 0.500. The van der Waals surface area contributed by atoms with Gasteiger partial charge in [-0.2, -0.15) is 19.5 Å². The minimum Gasteiger partial charge on any atom is -0.368 e. The normalized spacial score (nSPS) is 10.6. The van der Waals surface area contributed by atoms with Crippen LogP contribution in [-0.2, 0) is 0 Å². The molecule has 0 aromatic carbocycles. The number of nitrogens with one attached hydrogen (secondary N) is 2. The summed E-state index contributed by atoms with van der Waals surface area (Å²) in [6.07, 6.45) is 0. The van der Waals surface area contributed by atoms with E-state index >= 15 is 0 Å². The largest absolute Gasteiger partial charge is 0.368 e. The molecule has 8 nitrogen and oxygen atoms in total. The SMILES string of the molecule is CCNc1nc(N)n2nc(NCC)nc2n1. The van der Waals surface area contributed by atoms with E-state index in [0.29, 0.717) is 17.7 Å². The summed E-state index contributed by atoms with van der Waals surface area (Å²) in [4.78, 5) is 12.4. The first-order valence-corrected chi connectivity index (χ1v) is 5.12. The molecule has 0 aliphatic heterocycles. The number of nitrogens with two attached hydrogens (primary N) is 1. The van der Waals surface area contributed by atoms with Crippen LogP contribution < -0.4 is 16.4 Å². The van der Waals surface area contributed by atoms with E-state index in [1.165, 1.54) is 4.52 Å². The Bertz CT molecular complexity index is 490. The molecule has 86 valence electrons. The highest BCUT2D eigenvalue weighted by Gasteiger charge is 2.09. The van der Waals surface area contributed by atoms with E-state index in [4.69, 9.17) is 5.73 Å². The minimum absolute atomic E-state index is 0.262. The van der Waals surface area contributed by atoms with E-state index in [9.17, 15) is 0 Å². The lowest BCUT2D eigenvalue weighted by atomic mass is 10.7. The molecule has 2 aromatic rings. The molecule has 0 amide bonds. The Morgan fingerprint density at radius 1 is 1.06 bits per heavy atom. The van der Waals surface area contributed by atoms with Crippen LogP contribution in [0, 0.1) is 0 Å². The van der Waals surface area contributed by atoms with E-state index in [1.807, 2.05) is 13.8 Å². The van der Waals surface area contributed by atoms with Crippen LogP contribution in [0.5, 0.6) is 0 Å². The van der Waals surface area contributed by atoms with Gasteiger partial charge in [-0.1, -0.05) is 0 Å². The third-order valence-electron chi connectivity index (χ3n) is 1.90. The molecular weight excluding hydrogens is 208 g/mol. The molecule has 8 heteroatoms. The van der Waals surface area contributed by atoms with Crippen LogP contribution in [0.15, 0.2) is 0 Å². The van der Waals surface area contributed by atoms with E-state index in [1.54, 1.807) is 0 Å². The molecular formula is C8H14N8. The summed E-state index contributed by atoms with van der Waals surface area (Å²) in [5.74, 6) is 1.65. The first-order chi connectivity index (χ1) is 7.74. The maximum Gasteiger partial charge on any atom is 0.260 e. The molecule has 4 N–H and O–H groups in total. The molecule has 2 rings (SSSR count). The van der Waals surface area contributed by atoms with Crippen molar-refractivity contribution in [1.29, 1.82) is 0 Å². The zero-order valence-corrected chi connectivity index (χ0v) is 9.23. The standard InChI is InChI=1S/C8H14N8/c1-3-10-6-12-5(9)16-8(13-6)14-7(15-16)11-4-2/h3-4H2,1-2H3,(H4,9,10,11,12,13,14,15). The van der Waals surface area contributed by atoms with Gasteiger partial charge in [-0.05, 0) is 13.8 Å². The van der Waals surface area contributed by atoms with Gasteiger partial charge in [-0.3, -0.25) is 0 Å². The van der Waals surface area contributed by atoms with Crippen LogP contribution in [0.2, 0.25) is 0 Å². The zero-order valence-electron chi connectivity index (χ0n) is 9.23. The van der Waals surface area contributed by atoms with E-state index in [-0.39, 0.29) is 5.95 Å². The smallest absolute Gasteiger partial charge is 0.260 e. The second-order valence-corrected chi connectivity index (χ2v) is 3.11. The predicted molar refractivity (Wildman–Crippen MR) is 61.3 cm³/mol. The average Bonchev–Trinajstić information content (AvgIpc) is 2.62. The van der Waals surface area contributed by atoms with Crippen molar-refractivity contribution in [3.05, 3.63) is 0 Å². The van der Waals surface area contributed by atoms with Gasteiger partial charge in [-0.25, -0.2) is 0 Å². The highest BCUT2D eigenvalue weighted by atomic mass is 15.4. The molecule has 0 atom stereocenters. The Morgan fingerprint density at radius 2 is 1.69 bits per heavy atom. The highest BCUT2D eigenvalue weighted by molar-refractivity contribution is 5.46. The minimum atomic E-state index is 0.262. The van der Waals surface area contributed by atoms with Gasteiger partial charge in [-0.15, -0.1) is 5.10 Å². The summed E-state index contributed by atoms with van der Waals surface area (Å²) >= 11 is 0. The van der Waals surface area contributed by atoms with Crippen molar-refractivity contribution in [2.75, 3.05) is 29.5 Å². The molecule has 0 bridgehead atoms. The molecule has 2 aromatic heterocycles. The number of hydrogen-bond acceptors (Lipinski definition) is 7. The molecule has 0 radical (unpaired) electrons. The Kier molecular flexibility index (Phi) is 2.71. The number of rotatable bonds is 4. The van der Waals surface area contributed by atoms with Crippen molar-refractivity contribution in [2.45, 2.75) is 13.8 Å². The fourth-order valence-corrected chi connectivity index (χ4v) is 1.28. The Balaban J connectivity index is 2.45. The lowest BCUT2D eigenvalue weighted by Gasteiger charge is -2.01. The summed E-state index contributed by atoms with van der Waals surface area (Å²) in [5, 5.41) is 10.1. The molecule has 0 aliphatic rings. The fourth-order valence-electron chi connectivity index (χ4n) is 1.28. The molecule has 0 aliphatic carbocycles. The van der Waals surface area contributed by atoms with Gasteiger partial charge in [0, 0.05) is 13.1 Å². The van der Waals surface area contributed by atoms with Gasteiger partial charge >= 0.3 is 0 Å². The van der Waals surface area contributed by atoms with Gasteiger partial charge in [0.2, 0.25) is 17.8 Å². The van der Waals surface area contributed by atoms with Gasteiger partial charge < -0.3 is 16.4 Å². The number of nitrogen functional groups attached to an aromatic ring is 1. The first-order valence-electron chi connectivity index (χ1n) is 5.12. The molecule has 0 fully saturated rings. The lowest BCUT2D eigenvalue weighted by molar-refractivity contribution is 0.904. The molecule has 0 saturated carbocycles.